The Bertz CT molecular complexity index is 988. The van der Waals surface area contributed by atoms with Gasteiger partial charge in [-0.3, -0.25) is 0 Å². The van der Waals surface area contributed by atoms with Gasteiger partial charge in [0.05, 0.1) is 11.2 Å². The van der Waals surface area contributed by atoms with Gasteiger partial charge in [-0.1, -0.05) is 58.4 Å². The maximum absolute atomic E-state index is 4.87. The summed E-state index contributed by atoms with van der Waals surface area (Å²) in [6.07, 6.45) is 0. The molecule has 1 heterocycles. The highest BCUT2D eigenvalue weighted by atomic mass is 79.9. The first kappa shape index (κ1) is 13.5. The van der Waals surface area contributed by atoms with Crippen molar-refractivity contribution in [1.29, 1.82) is 0 Å². The molecule has 2 heteroatoms. The summed E-state index contributed by atoms with van der Waals surface area (Å²) in [5, 5.41) is 3.78. The zero-order chi connectivity index (χ0) is 15.1. The molecule has 0 aliphatic carbocycles. The van der Waals surface area contributed by atoms with Crippen LogP contribution in [-0.4, -0.2) is 4.98 Å². The molecule has 1 nitrogen and oxygen atoms in total. The Morgan fingerprint density at radius 2 is 1.64 bits per heavy atom. The van der Waals surface area contributed by atoms with Crippen LogP contribution in [0.5, 0.6) is 0 Å². The number of hydrogen-bond donors (Lipinski definition) is 0. The summed E-state index contributed by atoms with van der Waals surface area (Å²) in [4.78, 5) is 4.87. The van der Waals surface area contributed by atoms with Gasteiger partial charge in [0.15, 0.2) is 0 Å². The first-order valence-corrected chi connectivity index (χ1v) is 8.07. The predicted octanol–water partition coefficient (Wildman–Crippen LogP) is 6.13. The molecule has 0 aliphatic heterocycles. The minimum atomic E-state index is 1.02. The van der Waals surface area contributed by atoms with Crippen molar-refractivity contribution in [3.8, 4) is 11.3 Å². The summed E-state index contributed by atoms with van der Waals surface area (Å²) in [6, 6.07) is 23.2. The summed E-state index contributed by atoms with van der Waals surface area (Å²) in [5.41, 5.74) is 4.48. The van der Waals surface area contributed by atoms with Gasteiger partial charge in [0.1, 0.15) is 0 Å². The zero-order valence-electron chi connectivity index (χ0n) is 12.2. The van der Waals surface area contributed by atoms with Gasteiger partial charge in [-0.2, -0.15) is 0 Å². The third-order valence-electron chi connectivity index (χ3n) is 4.04. The second-order valence-electron chi connectivity index (χ2n) is 5.51. The quantitative estimate of drug-likeness (QED) is 0.377. The van der Waals surface area contributed by atoms with E-state index in [1.54, 1.807) is 0 Å². The monoisotopic (exact) mass is 347 g/mol. The molecule has 0 aliphatic rings. The maximum atomic E-state index is 4.87. The molecular weight excluding hydrogens is 334 g/mol. The Kier molecular flexibility index (Phi) is 3.20. The number of aryl methyl sites for hydroxylation is 1. The van der Waals surface area contributed by atoms with Crippen molar-refractivity contribution >= 4 is 37.6 Å². The van der Waals surface area contributed by atoms with E-state index in [9.17, 15) is 0 Å². The molecule has 4 aromatic rings. The summed E-state index contributed by atoms with van der Waals surface area (Å²) < 4.78 is 1.08. The van der Waals surface area contributed by atoms with Crippen molar-refractivity contribution < 1.29 is 0 Å². The standard InChI is InChI=1S/C20H14BrN/c1-13-12-19(15-6-9-16(21)10-7-15)22-18-11-8-14-4-2-3-5-17(14)20(13)18/h2-12H,1H3. The highest BCUT2D eigenvalue weighted by molar-refractivity contribution is 9.10. The Morgan fingerprint density at radius 3 is 2.45 bits per heavy atom. The van der Waals surface area contributed by atoms with E-state index in [4.69, 9.17) is 4.98 Å². The minimum absolute atomic E-state index is 1.02. The normalized spacial score (nSPS) is 11.2. The molecule has 0 spiro atoms. The van der Waals surface area contributed by atoms with E-state index >= 15 is 0 Å². The fourth-order valence-electron chi connectivity index (χ4n) is 2.98. The molecule has 0 saturated heterocycles. The van der Waals surface area contributed by atoms with Crippen molar-refractivity contribution in [3.05, 3.63) is 76.8 Å². The van der Waals surface area contributed by atoms with Gasteiger partial charge in [-0.25, -0.2) is 4.98 Å². The smallest absolute Gasteiger partial charge is 0.0718 e. The van der Waals surface area contributed by atoms with Crippen LogP contribution >= 0.6 is 15.9 Å². The third kappa shape index (κ3) is 2.20. The lowest BCUT2D eigenvalue weighted by Crippen LogP contribution is -1.90. The van der Waals surface area contributed by atoms with Crippen molar-refractivity contribution in [1.82, 2.24) is 4.98 Å². The maximum Gasteiger partial charge on any atom is 0.0718 e. The van der Waals surface area contributed by atoms with Crippen LogP contribution in [0.4, 0.5) is 0 Å². The molecular formula is C20H14BrN. The van der Waals surface area contributed by atoms with E-state index in [1.807, 2.05) is 0 Å². The van der Waals surface area contributed by atoms with Gasteiger partial charge < -0.3 is 0 Å². The second kappa shape index (κ2) is 5.22. The van der Waals surface area contributed by atoms with Crippen LogP contribution in [0.3, 0.4) is 0 Å². The van der Waals surface area contributed by atoms with Gasteiger partial charge in [0.2, 0.25) is 0 Å². The van der Waals surface area contributed by atoms with E-state index in [1.165, 1.54) is 21.7 Å². The van der Waals surface area contributed by atoms with Crippen LogP contribution in [0.25, 0.3) is 32.9 Å². The van der Waals surface area contributed by atoms with Crippen LogP contribution in [0.2, 0.25) is 0 Å². The Hall–Kier alpha value is -2.19. The lowest BCUT2D eigenvalue weighted by molar-refractivity contribution is 1.37. The zero-order valence-corrected chi connectivity index (χ0v) is 13.8. The number of fused-ring (bicyclic) bond motifs is 3. The third-order valence-corrected chi connectivity index (χ3v) is 4.56. The molecule has 3 aromatic carbocycles. The van der Waals surface area contributed by atoms with E-state index in [0.717, 1.165) is 21.2 Å². The first-order valence-electron chi connectivity index (χ1n) is 7.27. The van der Waals surface area contributed by atoms with Gasteiger partial charge in [0.25, 0.3) is 0 Å². The Balaban J connectivity index is 2.01. The summed E-state index contributed by atoms with van der Waals surface area (Å²) in [5.74, 6) is 0. The van der Waals surface area contributed by atoms with E-state index in [2.05, 4.69) is 89.6 Å². The van der Waals surface area contributed by atoms with Gasteiger partial charge >= 0.3 is 0 Å². The molecule has 0 amide bonds. The summed E-state index contributed by atoms with van der Waals surface area (Å²) in [7, 11) is 0. The predicted molar refractivity (Wildman–Crippen MR) is 97.1 cm³/mol. The average molecular weight is 348 g/mol. The number of aromatic nitrogens is 1. The molecule has 1 aromatic heterocycles. The molecule has 0 N–H and O–H groups in total. The second-order valence-corrected chi connectivity index (χ2v) is 6.43. The fourth-order valence-corrected chi connectivity index (χ4v) is 3.24. The van der Waals surface area contributed by atoms with Crippen LogP contribution in [-0.2, 0) is 0 Å². The molecule has 22 heavy (non-hydrogen) atoms. The number of benzene rings is 3. The molecule has 0 radical (unpaired) electrons. The SMILES string of the molecule is Cc1cc(-c2ccc(Br)cc2)nc2ccc3ccccc3c12. The van der Waals surface area contributed by atoms with Crippen LogP contribution in [0.1, 0.15) is 5.56 Å². The first-order chi connectivity index (χ1) is 10.7. The van der Waals surface area contributed by atoms with Gasteiger partial charge in [-0.05, 0) is 47.5 Å². The van der Waals surface area contributed by atoms with Crippen molar-refractivity contribution in [2.24, 2.45) is 0 Å². The molecule has 106 valence electrons. The van der Waals surface area contributed by atoms with E-state index in [0.29, 0.717) is 0 Å². The molecule has 0 bridgehead atoms. The fraction of sp³-hybridized carbons (Fsp3) is 0.0500. The molecule has 0 fully saturated rings. The molecule has 0 atom stereocenters. The molecule has 4 rings (SSSR count). The van der Waals surface area contributed by atoms with Gasteiger partial charge in [-0.15, -0.1) is 0 Å². The van der Waals surface area contributed by atoms with E-state index in [-0.39, 0.29) is 0 Å². The number of halogens is 1. The number of rotatable bonds is 1. The number of pyridine rings is 1. The van der Waals surface area contributed by atoms with E-state index < -0.39 is 0 Å². The van der Waals surface area contributed by atoms with Crippen molar-refractivity contribution in [3.63, 3.8) is 0 Å². The summed E-state index contributed by atoms with van der Waals surface area (Å²) >= 11 is 3.48. The topological polar surface area (TPSA) is 12.9 Å². The Morgan fingerprint density at radius 1 is 0.864 bits per heavy atom. The number of nitrogens with zero attached hydrogens (tertiary/aromatic N) is 1. The highest BCUT2D eigenvalue weighted by Gasteiger charge is 2.08. The molecule has 0 unspecified atom stereocenters. The highest BCUT2D eigenvalue weighted by Crippen LogP contribution is 2.30. The van der Waals surface area contributed by atoms with Crippen molar-refractivity contribution in [2.45, 2.75) is 6.92 Å². The average Bonchev–Trinajstić information content (AvgIpc) is 2.55. The van der Waals surface area contributed by atoms with Crippen LogP contribution in [0.15, 0.2) is 71.2 Å². The minimum Gasteiger partial charge on any atom is -0.248 e. The summed E-state index contributed by atoms with van der Waals surface area (Å²) in [6.45, 7) is 2.17. The van der Waals surface area contributed by atoms with Crippen LogP contribution in [0, 0.1) is 6.92 Å². The lowest BCUT2D eigenvalue weighted by atomic mass is 9.99. The Labute approximate surface area is 137 Å². The molecule has 0 saturated carbocycles. The van der Waals surface area contributed by atoms with Crippen LogP contribution < -0.4 is 0 Å². The van der Waals surface area contributed by atoms with Gasteiger partial charge in [0, 0.05) is 15.4 Å². The largest absolute Gasteiger partial charge is 0.248 e. The lowest BCUT2D eigenvalue weighted by Gasteiger charge is -2.10. The number of hydrogen-bond acceptors (Lipinski definition) is 1. The van der Waals surface area contributed by atoms with Crippen molar-refractivity contribution in [2.75, 3.05) is 0 Å².